The van der Waals surface area contributed by atoms with Gasteiger partial charge in [0.1, 0.15) is 11.7 Å². The first-order valence-electron chi connectivity index (χ1n) is 10.2. The topological polar surface area (TPSA) is 73.8 Å². The molecule has 2 aliphatic rings. The number of halogens is 1. The zero-order valence-electron chi connectivity index (χ0n) is 17.1. The lowest BCUT2D eigenvalue weighted by molar-refractivity contribution is 0.241. The Morgan fingerprint density at radius 1 is 1.17 bits per heavy atom. The number of rotatable bonds is 4. The maximum Gasteiger partial charge on any atom is 0.243 e. The molecule has 2 N–H and O–H groups in total. The van der Waals surface area contributed by atoms with E-state index in [1.807, 2.05) is 25.1 Å². The molecule has 0 saturated carbocycles. The van der Waals surface area contributed by atoms with E-state index in [0.717, 1.165) is 23.5 Å². The van der Waals surface area contributed by atoms with E-state index in [4.69, 9.17) is 0 Å². The second-order valence-corrected chi connectivity index (χ2v) is 9.88. The van der Waals surface area contributed by atoms with Gasteiger partial charge < -0.3 is 10.6 Å². The van der Waals surface area contributed by atoms with Crippen molar-refractivity contribution in [2.45, 2.75) is 36.7 Å². The minimum Gasteiger partial charge on any atom is -0.368 e. The molecule has 0 radical (unpaired) electrons. The summed E-state index contributed by atoms with van der Waals surface area (Å²) in [6.45, 7) is 4.68. The Labute approximate surface area is 177 Å². The zero-order valence-corrected chi connectivity index (χ0v) is 17.9. The molecule has 30 heavy (non-hydrogen) atoms. The van der Waals surface area contributed by atoms with Gasteiger partial charge in [-0.15, -0.1) is 0 Å². The number of benzene rings is 2. The fourth-order valence-corrected chi connectivity index (χ4v) is 5.58. The van der Waals surface area contributed by atoms with Gasteiger partial charge in [0.25, 0.3) is 0 Å². The second kappa shape index (κ2) is 8.45. The lowest BCUT2D eigenvalue weighted by Gasteiger charge is -2.44. The van der Waals surface area contributed by atoms with Crippen LogP contribution in [0.15, 0.2) is 58.4 Å². The smallest absolute Gasteiger partial charge is 0.243 e. The predicted octanol–water partition coefficient (Wildman–Crippen LogP) is 2.45. The maximum atomic E-state index is 13.5. The molecule has 0 aromatic heterocycles. The minimum absolute atomic E-state index is 0.262. The summed E-state index contributed by atoms with van der Waals surface area (Å²) in [5.41, 5.74) is 1.51. The summed E-state index contributed by atoms with van der Waals surface area (Å²) in [4.78, 5) is 5.01. The lowest BCUT2D eigenvalue weighted by atomic mass is 9.85. The molecule has 0 amide bonds. The normalized spacial score (nSPS) is 19.5. The standard InChI is InChI=1S/C22H27FN4O2S/c1-17-5-7-20(8-6-17)30(28,29)27-13-9-22(10-14-27)21(24-11-12-26-22)25-16-18-3-2-4-19(23)15-18/h2-8,15,26H,9-14,16H2,1H3,(H,24,25). The molecule has 0 aliphatic carbocycles. The largest absolute Gasteiger partial charge is 0.368 e. The van der Waals surface area contributed by atoms with Crippen LogP contribution in [0.4, 0.5) is 4.39 Å². The summed E-state index contributed by atoms with van der Waals surface area (Å²) >= 11 is 0. The molecule has 1 spiro atoms. The third-order valence-corrected chi connectivity index (χ3v) is 7.79. The Bertz CT molecular complexity index is 1030. The molecular formula is C22H27FN4O2S. The number of piperidine rings is 1. The van der Waals surface area contributed by atoms with E-state index in [-0.39, 0.29) is 11.4 Å². The van der Waals surface area contributed by atoms with Crippen LogP contribution >= 0.6 is 0 Å². The van der Waals surface area contributed by atoms with Gasteiger partial charge in [0, 0.05) is 26.2 Å². The molecule has 2 aromatic carbocycles. The van der Waals surface area contributed by atoms with Crippen LogP contribution in [0.2, 0.25) is 0 Å². The molecule has 2 aromatic rings. The number of aliphatic imine (C=N–C) groups is 1. The molecule has 1 saturated heterocycles. The predicted molar refractivity (Wildman–Crippen MR) is 115 cm³/mol. The van der Waals surface area contributed by atoms with E-state index in [9.17, 15) is 12.8 Å². The molecule has 1 fully saturated rings. The fraction of sp³-hybridized carbons (Fsp3) is 0.409. The van der Waals surface area contributed by atoms with Crippen LogP contribution in [0, 0.1) is 12.7 Å². The van der Waals surface area contributed by atoms with Crippen molar-refractivity contribution >= 4 is 15.9 Å². The Balaban J connectivity index is 1.45. The average Bonchev–Trinajstić information content (AvgIpc) is 2.74. The fourth-order valence-electron chi connectivity index (χ4n) is 4.14. The molecule has 160 valence electrons. The highest BCUT2D eigenvalue weighted by atomic mass is 32.2. The SMILES string of the molecule is Cc1ccc(S(=O)(=O)N2CCC3(CC2)NCCN=C3NCc2cccc(F)c2)cc1. The highest BCUT2D eigenvalue weighted by molar-refractivity contribution is 7.89. The zero-order chi connectivity index (χ0) is 21.2. The third-order valence-electron chi connectivity index (χ3n) is 5.88. The van der Waals surface area contributed by atoms with Crippen molar-refractivity contribution < 1.29 is 12.8 Å². The Morgan fingerprint density at radius 3 is 2.60 bits per heavy atom. The van der Waals surface area contributed by atoms with Crippen molar-refractivity contribution in [2.75, 3.05) is 26.2 Å². The summed E-state index contributed by atoms with van der Waals surface area (Å²) in [7, 11) is -3.51. The van der Waals surface area contributed by atoms with E-state index < -0.39 is 10.0 Å². The van der Waals surface area contributed by atoms with Crippen molar-refractivity contribution in [1.82, 2.24) is 14.9 Å². The molecule has 8 heteroatoms. The van der Waals surface area contributed by atoms with Crippen LogP contribution in [-0.2, 0) is 16.6 Å². The highest BCUT2D eigenvalue weighted by Crippen LogP contribution is 2.29. The number of nitrogens with one attached hydrogen (secondary N) is 2. The lowest BCUT2D eigenvalue weighted by Crippen LogP contribution is -2.64. The van der Waals surface area contributed by atoms with Gasteiger partial charge in [-0.3, -0.25) is 4.99 Å². The van der Waals surface area contributed by atoms with E-state index in [0.29, 0.717) is 43.9 Å². The molecule has 2 heterocycles. The Hall–Kier alpha value is -2.29. The van der Waals surface area contributed by atoms with Crippen LogP contribution in [0.1, 0.15) is 24.0 Å². The molecule has 4 rings (SSSR count). The second-order valence-electron chi connectivity index (χ2n) is 7.94. The average molecular weight is 431 g/mol. The number of sulfonamides is 1. The Kier molecular flexibility index (Phi) is 5.90. The van der Waals surface area contributed by atoms with Crippen LogP contribution in [0.25, 0.3) is 0 Å². The van der Waals surface area contributed by atoms with Gasteiger partial charge >= 0.3 is 0 Å². The third kappa shape index (κ3) is 4.26. The number of nitrogens with zero attached hydrogens (tertiary/aromatic N) is 2. The molecule has 0 unspecified atom stereocenters. The van der Waals surface area contributed by atoms with Crippen LogP contribution in [-0.4, -0.2) is 50.3 Å². The summed E-state index contributed by atoms with van der Waals surface area (Å²) in [5.74, 6) is 0.577. The molecule has 6 nitrogen and oxygen atoms in total. The van der Waals surface area contributed by atoms with Crippen LogP contribution in [0.3, 0.4) is 0 Å². The number of hydrogen-bond donors (Lipinski definition) is 2. The molecule has 0 atom stereocenters. The maximum absolute atomic E-state index is 13.5. The van der Waals surface area contributed by atoms with Gasteiger partial charge in [0.2, 0.25) is 10.0 Å². The first kappa shape index (κ1) is 21.0. The highest BCUT2D eigenvalue weighted by Gasteiger charge is 2.43. The van der Waals surface area contributed by atoms with Gasteiger partial charge in [0.15, 0.2) is 0 Å². The van der Waals surface area contributed by atoms with Crippen molar-refractivity contribution in [1.29, 1.82) is 0 Å². The summed E-state index contributed by atoms with van der Waals surface area (Å²) < 4.78 is 41.1. The van der Waals surface area contributed by atoms with Gasteiger partial charge in [-0.25, -0.2) is 12.8 Å². The van der Waals surface area contributed by atoms with Gasteiger partial charge in [-0.05, 0) is 49.6 Å². The van der Waals surface area contributed by atoms with Gasteiger partial charge in [-0.1, -0.05) is 29.8 Å². The van der Waals surface area contributed by atoms with Crippen molar-refractivity contribution in [3.8, 4) is 0 Å². The molecular weight excluding hydrogens is 403 g/mol. The van der Waals surface area contributed by atoms with Crippen molar-refractivity contribution in [2.24, 2.45) is 4.99 Å². The number of amidine groups is 1. The van der Waals surface area contributed by atoms with Crippen LogP contribution in [0.5, 0.6) is 0 Å². The van der Waals surface area contributed by atoms with Gasteiger partial charge in [0.05, 0.1) is 17.0 Å². The number of hydrogen-bond acceptors (Lipinski definition) is 5. The summed E-state index contributed by atoms with van der Waals surface area (Å²) in [5, 5.41) is 6.93. The van der Waals surface area contributed by atoms with Crippen molar-refractivity contribution in [3.63, 3.8) is 0 Å². The number of aryl methyl sites for hydroxylation is 1. The monoisotopic (exact) mass is 430 g/mol. The van der Waals surface area contributed by atoms with Gasteiger partial charge in [-0.2, -0.15) is 4.31 Å². The quantitative estimate of drug-likeness (QED) is 0.782. The molecule has 2 aliphatic heterocycles. The van der Waals surface area contributed by atoms with E-state index in [1.54, 1.807) is 22.5 Å². The van der Waals surface area contributed by atoms with E-state index >= 15 is 0 Å². The van der Waals surface area contributed by atoms with Crippen molar-refractivity contribution in [3.05, 3.63) is 65.5 Å². The summed E-state index contributed by atoms with van der Waals surface area (Å²) in [6.07, 6.45) is 1.26. The van der Waals surface area contributed by atoms with Crippen LogP contribution < -0.4 is 10.6 Å². The first-order chi connectivity index (χ1) is 14.4. The first-order valence-corrected chi connectivity index (χ1v) is 11.7. The Morgan fingerprint density at radius 2 is 1.90 bits per heavy atom. The molecule has 0 bridgehead atoms. The summed E-state index contributed by atoms with van der Waals surface area (Å²) in [6, 6.07) is 13.5. The van der Waals surface area contributed by atoms with E-state index in [1.165, 1.54) is 12.1 Å². The minimum atomic E-state index is -3.51. The van der Waals surface area contributed by atoms with E-state index in [2.05, 4.69) is 15.6 Å².